The zero-order valence-corrected chi connectivity index (χ0v) is 20.0. The van der Waals surface area contributed by atoms with Gasteiger partial charge in [0.25, 0.3) is 0 Å². The van der Waals surface area contributed by atoms with Gasteiger partial charge in [-0.2, -0.15) is 23.4 Å². The maximum atomic E-state index is 13.7. The lowest BCUT2D eigenvalue weighted by atomic mass is 10.0. The second-order valence-electron chi connectivity index (χ2n) is 9.29. The van der Waals surface area contributed by atoms with Crippen LogP contribution in [-0.4, -0.2) is 49.6 Å². The van der Waals surface area contributed by atoms with Crippen LogP contribution in [0.15, 0.2) is 36.5 Å². The summed E-state index contributed by atoms with van der Waals surface area (Å²) in [5.41, 5.74) is 1.10. The van der Waals surface area contributed by atoms with Gasteiger partial charge in [-0.05, 0) is 31.4 Å². The molecule has 1 saturated heterocycles. The number of nitrogens with zero attached hydrogens (tertiary/aromatic N) is 7. The largest absolute Gasteiger partial charge is 0.416 e. The van der Waals surface area contributed by atoms with Crippen LogP contribution in [-0.2, 0) is 33.4 Å². The normalized spacial score (nSPS) is 17.3. The Morgan fingerprint density at radius 1 is 1.09 bits per heavy atom. The summed E-state index contributed by atoms with van der Waals surface area (Å²) in [6, 6.07) is 7.13. The third-order valence-corrected chi connectivity index (χ3v) is 6.81. The van der Waals surface area contributed by atoms with E-state index in [2.05, 4.69) is 15.1 Å². The van der Waals surface area contributed by atoms with Crippen molar-refractivity contribution in [1.29, 1.82) is 0 Å². The first-order valence-corrected chi connectivity index (χ1v) is 11.6. The molecular formula is C24H28F3N7O. The van der Waals surface area contributed by atoms with E-state index >= 15 is 0 Å². The van der Waals surface area contributed by atoms with Crippen molar-refractivity contribution in [3.63, 3.8) is 0 Å². The molecule has 0 atom stereocenters. The van der Waals surface area contributed by atoms with Gasteiger partial charge in [0.2, 0.25) is 0 Å². The van der Waals surface area contributed by atoms with Gasteiger partial charge in [-0.1, -0.05) is 18.2 Å². The SMILES string of the molecule is Cc1cc(N2CCC(N3Cc4cn(C)nc4N(Cc4ccccc4C(F)(F)F)C3=O)CC2)n(C)n1. The number of amides is 2. The summed E-state index contributed by atoms with van der Waals surface area (Å²) in [7, 11) is 3.67. The number of aryl methyl sites for hydroxylation is 3. The van der Waals surface area contributed by atoms with Crippen molar-refractivity contribution in [3.8, 4) is 0 Å². The molecule has 0 aliphatic carbocycles. The number of rotatable bonds is 4. The van der Waals surface area contributed by atoms with Gasteiger partial charge in [0.15, 0.2) is 5.82 Å². The molecule has 2 aromatic heterocycles. The molecule has 2 aliphatic heterocycles. The fraction of sp³-hybridized carbons (Fsp3) is 0.458. The van der Waals surface area contributed by atoms with Crippen molar-refractivity contribution in [2.75, 3.05) is 22.9 Å². The number of urea groups is 1. The van der Waals surface area contributed by atoms with Crippen LogP contribution in [0, 0.1) is 6.92 Å². The average molecular weight is 488 g/mol. The number of carbonyl (C=O) groups excluding carboxylic acids is 1. The number of anilines is 2. The van der Waals surface area contributed by atoms with Gasteiger partial charge in [0.05, 0.1) is 24.3 Å². The van der Waals surface area contributed by atoms with Crippen molar-refractivity contribution in [3.05, 3.63) is 58.9 Å². The third kappa shape index (κ3) is 4.35. The van der Waals surface area contributed by atoms with Crippen LogP contribution >= 0.6 is 0 Å². The standard InChI is InChI=1S/C24H28F3N7O/c1-16-12-21(31(3)28-16)32-10-8-19(9-11-32)33-15-18-13-30(2)29-22(18)34(23(33)35)14-17-6-4-5-7-20(17)24(25,26)27/h4-7,12-13,19H,8-11,14-15H2,1-3H3. The average Bonchev–Trinajstić information content (AvgIpc) is 3.35. The Kier molecular flexibility index (Phi) is 5.72. The first-order chi connectivity index (χ1) is 16.6. The third-order valence-electron chi connectivity index (χ3n) is 6.81. The minimum absolute atomic E-state index is 0.0122. The molecule has 8 nitrogen and oxygen atoms in total. The van der Waals surface area contributed by atoms with Crippen LogP contribution < -0.4 is 9.80 Å². The molecule has 0 N–H and O–H groups in total. The van der Waals surface area contributed by atoms with Gasteiger partial charge in [0, 0.05) is 51.1 Å². The zero-order valence-electron chi connectivity index (χ0n) is 20.0. The van der Waals surface area contributed by atoms with Crippen molar-refractivity contribution >= 4 is 17.7 Å². The van der Waals surface area contributed by atoms with Gasteiger partial charge in [-0.3, -0.25) is 14.3 Å². The maximum absolute atomic E-state index is 13.7. The molecule has 0 saturated carbocycles. The van der Waals surface area contributed by atoms with Gasteiger partial charge in [-0.15, -0.1) is 0 Å². The Bertz CT molecular complexity index is 1240. The Labute approximate surface area is 201 Å². The lowest BCUT2D eigenvalue weighted by molar-refractivity contribution is -0.138. The van der Waals surface area contributed by atoms with Gasteiger partial charge in [-0.25, -0.2) is 4.79 Å². The summed E-state index contributed by atoms with van der Waals surface area (Å²) in [6.07, 6.45) is -1.14. The van der Waals surface area contributed by atoms with Crippen LogP contribution in [0.1, 0.15) is 35.2 Å². The number of benzene rings is 1. The maximum Gasteiger partial charge on any atom is 0.416 e. The van der Waals surface area contributed by atoms with Gasteiger partial charge < -0.3 is 9.80 Å². The minimum Gasteiger partial charge on any atom is -0.357 e. The molecule has 1 fully saturated rings. The number of carbonyl (C=O) groups is 1. The van der Waals surface area contributed by atoms with E-state index in [1.165, 1.54) is 17.0 Å². The summed E-state index contributed by atoms with van der Waals surface area (Å²) in [5, 5.41) is 8.83. The van der Waals surface area contributed by atoms with E-state index in [0.717, 1.165) is 49.1 Å². The van der Waals surface area contributed by atoms with Crippen molar-refractivity contribution in [2.45, 2.75) is 45.1 Å². The summed E-state index contributed by atoms with van der Waals surface area (Å²) in [6.45, 7) is 3.70. The number of aromatic nitrogens is 4. The molecule has 2 amide bonds. The second kappa shape index (κ2) is 8.62. The highest BCUT2D eigenvalue weighted by Gasteiger charge is 2.40. The molecule has 35 heavy (non-hydrogen) atoms. The highest BCUT2D eigenvalue weighted by atomic mass is 19.4. The van der Waals surface area contributed by atoms with Crippen LogP contribution in [0.5, 0.6) is 0 Å². The molecule has 0 spiro atoms. The Balaban J connectivity index is 1.39. The highest BCUT2D eigenvalue weighted by Crippen LogP contribution is 2.36. The summed E-state index contributed by atoms with van der Waals surface area (Å²) < 4.78 is 44.4. The predicted molar refractivity (Wildman–Crippen MR) is 125 cm³/mol. The number of hydrogen-bond donors (Lipinski definition) is 0. The second-order valence-corrected chi connectivity index (χ2v) is 9.29. The number of hydrogen-bond acceptors (Lipinski definition) is 4. The molecule has 5 rings (SSSR count). The molecule has 2 aliphatic rings. The Morgan fingerprint density at radius 3 is 2.46 bits per heavy atom. The summed E-state index contributed by atoms with van der Waals surface area (Å²) in [4.78, 5) is 19.1. The Hall–Kier alpha value is -3.50. The number of alkyl halides is 3. The van der Waals surface area contributed by atoms with Crippen LogP contribution in [0.3, 0.4) is 0 Å². The molecule has 11 heteroatoms. The smallest absolute Gasteiger partial charge is 0.357 e. The quantitative estimate of drug-likeness (QED) is 0.556. The van der Waals surface area contributed by atoms with E-state index in [1.54, 1.807) is 22.7 Å². The molecular weight excluding hydrogens is 459 g/mol. The van der Waals surface area contributed by atoms with E-state index in [4.69, 9.17) is 0 Å². The lowest BCUT2D eigenvalue weighted by Crippen LogP contribution is -2.54. The van der Waals surface area contributed by atoms with Crippen LogP contribution in [0.25, 0.3) is 0 Å². The van der Waals surface area contributed by atoms with E-state index in [0.29, 0.717) is 12.4 Å². The van der Waals surface area contributed by atoms with E-state index in [-0.39, 0.29) is 24.2 Å². The van der Waals surface area contributed by atoms with Crippen LogP contribution in [0.4, 0.5) is 29.6 Å². The lowest BCUT2D eigenvalue weighted by Gasteiger charge is -2.43. The molecule has 0 radical (unpaired) electrons. The summed E-state index contributed by atoms with van der Waals surface area (Å²) in [5.74, 6) is 1.47. The molecule has 1 aromatic carbocycles. The predicted octanol–water partition coefficient (Wildman–Crippen LogP) is 4.09. The van der Waals surface area contributed by atoms with E-state index in [1.807, 2.05) is 30.9 Å². The van der Waals surface area contributed by atoms with Gasteiger partial charge >= 0.3 is 12.2 Å². The monoisotopic (exact) mass is 487 g/mol. The Morgan fingerprint density at radius 2 is 1.80 bits per heavy atom. The molecule has 0 bridgehead atoms. The van der Waals surface area contributed by atoms with E-state index in [9.17, 15) is 18.0 Å². The zero-order chi connectivity index (χ0) is 24.9. The minimum atomic E-state index is -4.50. The molecule has 0 unspecified atom stereocenters. The molecule has 3 aromatic rings. The fourth-order valence-corrected chi connectivity index (χ4v) is 5.19. The topological polar surface area (TPSA) is 62.4 Å². The first-order valence-electron chi connectivity index (χ1n) is 11.6. The van der Waals surface area contributed by atoms with Crippen molar-refractivity contribution in [1.82, 2.24) is 24.5 Å². The van der Waals surface area contributed by atoms with Crippen LogP contribution in [0.2, 0.25) is 0 Å². The van der Waals surface area contributed by atoms with Crippen molar-refractivity contribution < 1.29 is 18.0 Å². The molecule has 4 heterocycles. The molecule has 186 valence electrons. The number of fused-ring (bicyclic) bond motifs is 1. The first kappa shape index (κ1) is 23.3. The van der Waals surface area contributed by atoms with Crippen molar-refractivity contribution in [2.24, 2.45) is 14.1 Å². The number of piperidine rings is 1. The van der Waals surface area contributed by atoms with E-state index < -0.39 is 11.7 Å². The van der Waals surface area contributed by atoms with Gasteiger partial charge in [0.1, 0.15) is 5.82 Å². The summed E-state index contributed by atoms with van der Waals surface area (Å²) >= 11 is 0. The fourth-order valence-electron chi connectivity index (χ4n) is 5.19. The highest BCUT2D eigenvalue weighted by molar-refractivity contribution is 5.94. The number of halogens is 3.